The lowest BCUT2D eigenvalue weighted by Crippen LogP contribution is -2.37. The van der Waals surface area contributed by atoms with Gasteiger partial charge in [0.05, 0.1) is 18.4 Å². The van der Waals surface area contributed by atoms with Crippen molar-refractivity contribution in [2.24, 2.45) is 0 Å². The first-order valence-corrected chi connectivity index (χ1v) is 9.93. The highest BCUT2D eigenvalue weighted by Crippen LogP contribution is 2.26. The third kappa shape index (κ3) is 3.89. The second kappa shape index (κ2) is 8.06. The summed E-state index contributed by atoms with van der Waals surface area (Å²) in [6.45, 7) is 1.59. The Kier molecular flexibility index (Phi) is 5.34. The maximum Gasteiger partial charge on any atom is 0.252 e. The number of H-pyrrole nitrogens is 1. The molecule has 6 nitrogen and oxygen atoms in total. The number of aromatic nitrogens is 2. The van der Waals surface area contributed by atoms with Crippen LogP contribution in [0.1, 0.15) is 16.8 Å². The summed E-state index contributed by atoms with van der Waals surface area (Å²) in [6.07, 6.45) is 0.890. The molecule has 1 fully saturated rings. The Balaban J connectivity index is 1.40. The Bertz CT molecular complexity index is 971. The zero-order chi connectivity index (χ0) is 19.5. The highest BCUT2D eigenvalue weighted by atomic mass is 79.9. The largest absolute Gasteiger partial charge is 0.497 e. The molecule has 2 heterocycles. The van der Waals surface area contributed by atoms with Crippen LogP contribution in [0, 0.1) is 0 Å². The van der Waals surface area contributed by atoms with E-state index in [-0.39, 0.29) is 11.9 Å². The van der Waals surface area contributed by atoms with Crippen LogP contribution in [-0.2, 0) is 0 Å². The molecule has 28 heavy (non-hydrogen) atoms. The van der Waals surface area contributed by atoms with Crippen LogP contribution in [-0.4, -0.2) is 42.3 Å². The van der Waals surface area contributed by atoms with Gasteiger partial charge in [0.25, 0.3) is 5.91 Å². The topological polar surface area (TPSA) is 70.2 Å². The number of amides is 1. The van der Waals surface area contributed by atoms with Crippen molar-refractivity contribution in [3.63, 3.8) is 0 Å². The van der Waals surface area contributed by atoms with Crippen molar-refractivity contribution in [2.75, 3.05) is 25.1 Å². The molecule has 144 valence electrons. The lowest BCUT2D eigenvalue weighted by Gasteiger charge is -2.16. The minimum atomic E-state index is -0.0553. The number of methoxy groups -OCH3 is 1. The van der Waals surface area contributed by atoms with Crippen molar-refractivity contribution in [3.05, 3.63) is 64.6 Å². The van der Waals surface area contributed by atoms with E-state index < -0.39 is 0 Å². The molecule has 1 saturated heterocycles. The molecular weight excluding hydrogens is 420 g/mol. The van der Waals surface area contributed by atoms with Crippen LogP contribution in [0.25, 0.3) is 11.3 Å². The first-order chi connectivity index (χ1) is 13.6. The first kappa shape index (κ1) is 18.6. The number of hydrogen-bond acceptors (Lipinski definition) is 4. The molecule has 0 aliphatic carbocycles. The number of hydrogen-bond donors (Lipinski definition) is 2. The Morgan fingerprint density at radius 3 is 2.79 bits per heavy atom. The molecule has 3 aromatic rings. The predicted molar refractivity (Wildman–Crippen MR) is 113 cm³/mol. The molecular formula is C21H21BrN4O2. The lowest BCUT2D eigenvalue weighted by atomic mass is 10.1. The Morgan fingerprint density at radius 2 is 2.04 bits per heavy atom. The Hall–Kier alpha value is -2.80. The van der Waals surface area contributed by atoms with Gasteiger partial charge in [0.1, 0.15) is 5.75 Å². The van der Waals surface area contributed by atoms with E-state index in [4.69, 9.17) is 4.74 Å². The van der Waals surface area contributed by atoms with Gasteiger partial charge in [-0.2, -0.15) is 5.10 Å². The number of nitrogens with zero attached hydrogens (tertiary/aromatic N) is 2. The fraction of sp³-hybridized carbons (Fsp3) is 0.238. The molecule has 1 aliphatic rings. The van der Waals surface area contributed by atoms with Gasteiger partial charge in [-0.3, -0.25) is 9.89 Å². The van der Waals surface area contributed by atoms with Gasteiger partial charge in [0.2, 0.25) is 0 Å². The van der Waals surface area contributed by atoms with E-state index in [9.17, 15) is 4.79 Å². The minimum absolute atomic E-state index is 0.0553. The first-order valence-electron chi connectivity index (χ1n) is 9.14. The molecule has 7 heteroatoms. The summed E-state index contributed by atoms with van der Waals surface area (Å²) < 4.78 is 6.01. The van der Waals surface area contributed by atoms with Crippen molar-refractivity contribution in [1.82, 2.24) is 15.5 Å². The standard InChI is InChI=1S/C21H21BrN4O2/c1-28-16-8-6-14(7-9-16)19-12-20(25-24-19)26-11-10-15(13-26)23-21(27)17-4-2-3-5-18(17)22/h2-9,12,15H,10-11,13H2,1H3,(H,23,27)(H,24,25)/t15-/m1/s1. The molecule has 2 aromatic carbocycles. The van der Waals surface area contributed by atoms with Crippen molar-refractivity contribution >= 4 is 27.7 Å². The van der Waals surface area contributed by atoms with E-state index in [0.29, 0.717) is 5.56 Å². The summed E-state index contributed by atoms with van der Waals surface area (Å²) in [4.78, 5) is 14.7. The molecule has 0 spiro atoms. The average Bonchev–Trinajstić information content (AvgIpc) is 3.38. The van der Waals surface area contributed by atoms with Crippen LogP contribution >= 0.6 is 15.9 Å². The highest BCUT2D eigenvalue weighted by molar-refractivity contribution is 9.10. The van der Waals surface area contributed by atoms with E-state index in [1.807, 2.05) is 54.6 Å². The van der Waals surface area contributed by atoms with Gasteiger partial charge >= 0.3 is 0 Å². The van der Waals surface area contributed by atoms with E-state index in [1.54, 1.807) is 7.11 Å². The lowest BCUT2D eigenvalue weighted by molar-refractivity contribution is 0.0939. The second-order valence-electron chi connectivity index (χ2n) is 6.75. The number of ether oxygens (including phenoxy) is 1. The maximum atomic E-state index is 12.5. The summed E-state index contributed by atoms with van der Waals surface area (Å²) in [7, 11) is 1.66. The van der Waals surface area contributed by atoms with Crippen LogP contribution in [0.15, 0.2) is 59.1 Å². The number of benzene rings is 2. The number of carbonyl (C=O) groups is 1. The van der Waals surface area contributed by atoms with E-state index in [1.165, 1.54) is 0 Å². The maximum absolute atomic E-state index is 12.5. The monoisotopic (exact) mass is 440 g/mol. The van der Waals surface area contributed by atoms with E-state index in [2.05, 4.69) is 36.3 Å². The van der Waals surface area contributed by atoms with Gasteiger partial charge in [-0.15, -0.1) is 0 Å². The highest BCUT2D eigenvalue weighted by Gasteiger charge is 2.26. The summed E-state index contributed by atoms with van der Waals surface area (Å²) in [5.74, 6) is 1.66. The number of aromatic amines is 1. The molecule has 1 amide bonds. The predicted octanol–water partition coefficient (Wildman–Crippen LogP) is 3.86. The van der Waals surface area contributed by atoms with Gasteiger partial charge in [-0.05, 0) is 64.3 Å². The molecule has 0 saturated carbocycles. The molecule has 1 aromatic heterocycles. The van der Waals surface area contributed by atoms with Gasteiger partial charge in [0.15, 0.2) is 5.82 Å². The number of anilines is 1. The summed E-state index contributed by atoms with van der Waals surface area (Å²) in [5.41, 5.74) is 2.67. The third-order valence-electron chi connectivity index (χ3n) is 4.93. The van der Waals surface area contributed by atoms with Crippen molar-refractivity contribution in [2.45, 2.75) is 12.5 Å². The number of halogens is 1. The number of rotatable bonds is 5. The molecule has 2 N–H and O–H groups in total. The summed E-state index contributed by atoms with van der Waals surface area (Å²) in [6, 6.07) is 17.5. The fourth-order valence-electron chi connectivity index (χ4n) is 3.39. The molecule has 0 bridgehead atoms. The van der Waals surface area contributed by atoms with Gasteiger partial charge in [-0.25, -0.2) is 0 Å². The normalized spacial score (nSPS) is 16.2. The van der Waals surface area contributed by atoms with Gasteiger partial charge in [-0.1, -0.05) is 12.1 Å². The quantitative estimate of drug-likeness (QED) is 0.631. The molecule has 4 rings (SSSR count). The number of carbonyl (C=O) groups excluding carboxylic acids is 1. The van der Waals surface area contributed by atoms with Crippen LogP contribution in [0.3, 0.4) is 0 Å². The van der Waals surface area contributed by atoms with Gasteiger partial charge < -0.3 is 15.0 Å². The Morgan fingerprint density at radius 1 is 1.25 bits per heavy atom. The summed E-state index contributed by atoms with van der Waals surface area (Å²) >= 11 is 3.44. The second-order valence-corrected chi connectivity index (χ2v) is 7.61. The van der Waals surface area contributed by atoms with Crippen molar-refractivity contribution in [1.29, 1.82) is 0 Å². The van der Waals surface area contributed by atoms with E-state index in [0.717, 1.165) is 46.8 Å². The van der Waals surface area contributed by atoms with Crippen LogP contribution in [0.4, 0.5) is 5.82 Å². The zero-order valence-electron chi connectivity index (χ0n) is 15.5. The SMILES string of the molecule is COc1ccc(-c2cc(N3CC[C@@H](NC(=O)c4ccccc4Br)C3)n[nH]2)cc1. The molecule has 0 radical (unpaired) electrons. The average molecular weight is 441 g/mol. The van der Waals surface area contributed by atoms with Crippen LogP contribution in [0.2, 0.25) is 0 Å². The van der Waals surface area contributed by atoms with E-state index >= 15 is 0 Å². The Labute approximate surface area is 172 Å². The van der Waals surface area contributed by atoms with Crippen LogP contribution < -0.4 is 15.0 Å². The smallest absolute Gasteiger partial charge is 0.252 e. The van der Waals surface area contributed by atoms with Crippen LogP contribution in [0.5, 0.6) is 5.75 Å². The molecule has 1 atom stereocenters. The summed E-state index contributed by atoms with van der Waals surface area (Å²) in [5, 5.41) is 10.7. The van der Waals surface area contributed by atoms with Crippen molar-refractivity contribution < 1.29 is 9.53 Å². The fourth-order valence-corrected chi connectivity index (χ4v) is 3.85. The molecule has 1 aliphatic heterocycles. The zero-order valence-corrected chi connectivity index (χ0v) is 17.1. The van der Waals surface area contributed by atoms with Gasteiger partial charge in [0, 0.05) is 29.7 Å². The number of nitrogens with one attached hydrogen (secondary N) is 2. The third-order valence-corrected chi connectivity index (χ3v) is 5.62. The van der Waals surface area contributed by atoms with Crippen molar-refractivity contribution in [3.8, 4) is 17.0 Å². The minimum Gasteiger partial charge on any atom is -0.497 e. The molecule has 0 unspecified atom stereocenters.